The number of benzene rings is 2. The summed E-state index contributed by atoms with van der Waals surface area (Å²) in [6, 6.07) is 15.4. The van der Waals surface area contributed by atoms with E-state index < -0.39 is 53.8 Å². The summed E-state index contributed by atoms with van der Waals surface area (Å²) in [5.74, 6) is -1.78. The van der Waals surface area contributed by atoms with Crippen molar-refractivity contribution in [2.75, 3.05) is 13.7 Å². The van der Waals surface area contributed by atoms with Gasteiger partial charge in [-0.15, -0.1) is 6.58 Å². The molecule has 1 fully saturated rings. The molecule has 1 saturated heterocycles. The first kappa shape index (κ1) is 29.0. The van der Waals surface area contributed by atoms with Crippen molar-refractivity contribution in [2.45, 2.75) is 55.8 Å². The van der Waals surface area contributed by atoms with Crippen molar-refractivity contribution >= 4 is 17.8 Å². The third-order valence-corrected chi connectivity index (χ3v) is 6.53. The van der Waals surface area contributed by atoms with Gasteiger partial charge in [-0.05, 0) is 23.3 Å². The van der Waals surface area contributed by atoms with Gasteiger partial charge in [0.1, 0.15) is 12.2 Å². The van der Waals surface area contributed by atoms with Crippen LogP contribution in [-0.2, 0) is 19.1 Å². The average molecular weight is 527 g/mol. The second kappa shape index (κ2) is 12.8. The number of aliphatic hydroxyl groups excluding tert-OH is 3. The molecule has 1 aliphatic heterocycles. The highest BCUT2D eigenvalue weighted by atomic mass is 16.6. The second-order valence-corrected chi connectivity index (χ2v) is 9.27. The van der Waals surface area contributed by atoms with Crippen LogP contribution in [0, 0.1) is 0 Å². The molecule has 0 aromatic heterocycles. The summed E-state index contributed by atoms with van der Waals surface area (Å²) in [5, 5.41) is 37.6. The first-order chi connectivity index (χ1) is 18.1. The molecule has 2 aromatic carbocycles. The van der Waals surface area contributed by atoms with E-state index in [1.165, 1.54) is 13.0 Å². The van der Waals surface area contributed by atoms with Crippen LogP contribution in [0.15, 0.2) is 67.3 Å². The zero-order valence-corrected chi connectivity index (χ0v) is 21.4. The maximum Gasteiger partial charge on any atom is 0.338 e. The molecule has 38 heavy (non-hydrogen) atoms. The van der Waals surface area contributed by atoms with Crippen LogP contribution in [0.2, 0.25) is 0 Å². The van der Waals surface area contributed by atoms with Crippen molar-refractivity contribution in [3.05, 3.63) is 72.8 Å². The maximum absolute atomic E-state index is 12.7. The average Bonchev–Trinajstić information content (AvgIpc) is 2.92. The number of aliphatic hydroxyl groups is 3. The standard InChI is InChI=1S/C28H34N2O8/c1-4-14-28(27(36)37-3)15-21(32)23(30-17(2)31)25(38-28)24(34)22(33)16-29-26(35)20-12-10-19(11-13-20)18-8-6-5-7-9-18/h4-13,21-25,32-34H,1,14-16H2,2-3H3,(H,29,35)(H,30,31)/t21-,22?,23-,24-,25?,28-/m1/s1. The van der Waals surface area contributed by atoms with Gasteiger partial charge in [0.2, 0.25) is 5.91 Å². The van der Waals surface area contributed by atoms with Crippen LogP contribution in [0.5, 0.6) is 0 Å². The molecule has 0 saturated carbocycles. The van der Waals surface area contributed by atoms with Gasteiger partial charge in [0.15, 0.2) is 5.60 Å². The van der Waals surface area contributed by atoms with E-state index in [-0.39, 0.29) is 19.4 Å². The number of amides is 2. The third-order valence-electron chi connectivity index (χ3n) is 6.53. The van der Waals surface area contributed by atoms with Gasteiger partial charge >= 0.3 is 5.97 Å². The van der Waals surface area contributed by atoms with E-state index in [2.05, 4.69) is 17.2 Å². The Kier molecular flexibility index (Phi) is 9.76. The highest BCUT2D eigenvalue weighted by molar-refractivity contribution is 5.94. The molecule has 2 unspecified atom stereocenters. The van der Waals surface area contributed by atoms with Gasteiger partial charge in [-0.3, -0.25) is 9.59 Å². The summed E-state index contributed by atoms with van der Waals surface area (Å²) in [6.45, 7) is 4.47. The molecule has 6 atom stereocenters. The summed E-state index contributed by atoms with van der Waals surface area (Å²) in [5.41, 5.74) is 0.603. The second-order valence-electron chi connectivity index (χ2n) is 9.27. The number of esters is 1. The Labute approximate surface area is 221 Å². The van der Waals surface area contributed by atoms with Gasteiger partial charge in [-0.1, -0.05) is 48.5 Å². The SMILES string of the molecule is C=CC[C@]1(C(=O)OC)C[C@@H](O)[C@@H](NC(C)=O)C([C@H](O)C(O)CNC(=O)c2ccc(-c3ccccc3)cc2)O1. The smallest absolute Gasteiger partial charge is 0.338 e. The van der Waals surface area contributed by atoms with Gasteiger partial charge in [0, 0.05) is 31.9 Å². The number of hydrogen-bond acceptors (Lipinski definition) is 8. The summed E-state index contributed by atoms with van der Waals surface area (Å²) in [4.78, 5) is 37.0. The molecule has 10 heteroatoms. The van der Waals surface area contributed by atoms with Crippen LogP contribution in [0.1, 0.15) is 30.1 Å². The van der Waals surface area contributed by atoms with Crippen LogP contribution >= 0.6 is 0 Å². The Morgan fingerprint density at radius 3 is 2.34 bits per heavy atom. The Bertz CT molecular complexity index is 1120. The van der Waals surface area contributed by atoms with E-state index >= 15 is 0 Å². The highest BCUT2D eigenvalue weighted by Crippen LogP contribution is 2.35. The van der Waals surface area contributed by atoms with E-state index in [9.17, 15) is 29.7 Å². The van der Waals surface area contributed by atoms with Crippen molar-refractivity contribution in [3.8, 4) is 11.1 Å². The van der Waals surface area contributed by atoms with Crippen LogP contribution in [-0.4, -0.2) is 82.8 Å². The number of carbonyl (C=O) groups is 3. The van der Waals surface area contributed by atoms with Crippen LogP contribution < -0.4 is 10.6 Å². The molecule has 1 heterocycles. The van der Waals surface area contributed by atoms with Gasteiger partial charge in [-0.2, -0.15) is 0 Å². The Balaban J connectivity index is 1.72. The zero-order valence-electron chi connectivity index (χ0n) is 21.4. The lowest BCUT2D eigenvalue weighted by Gasteiger charge is -2.47. The fraction of sp³-hybridized carbons (Fsp3) is 0.393. The number of ether oxygens (including phenoxy) is 2. The molecule has 2 amide bonds. The number of methoxy groups -OCH3 is 1. The van der Waals surface area contributed by atoms with Crippen LogP contribution in [0.4, 0.5) is 0 Å². The Hall–Kier alpha value is -3.57. The van der Waals surface area contributed by atoms with Crippen molar-refractivity contribution in [3.63, 3.8) is 0 Å². The molecule has 3 rings (SSSR count). The van der Waals surface area contributed by atoms with Gasteiger partial charge in [0.05, 0.1) is 25.4 Å². The van der Waals surface area contributed by atoms with Gasteiger partial charge in [0.25, 0.3) is 5.91 Å². The van der Waals surface area contributed by atoms with E-state index in [1.807, 2.05) is 30.3 Å². The van der Waals surface area contributed by atoms with E-state index in [0.29, 0.717) is 5.56 Å². The summed E-state index contributed by atoms with van der Waals surface area (Å²) < 4.78 is 10.8. The maximum atomic E-state index is 12.7. The van der Waals surface area contributed by atoms with Crippen molar-refractivity contribution in [1.29, 1.82) is 0 Å². The van der Waals surface area contributed by atoms with Crippen molar-refractivity contribution < 1.29 is 39.2 Å². The number of nitrogens with one attached hydrogen (secondary N) is 2. The minimum absolute atomic E-state index is 0.0431. The first-order valence-corrected chi connectivity index (χ1v) is 12.2. The van der Waals surface area contributed by atoms with E-state index in [4.69, 9.17) is 9.47 Å². The summed E-state index contributed by atoms with van der Waals surface area (Å²) in [7, 11) is 1.16. The molecular formula is C28H34N2O8. The lowest BCUT2D eigenvalue weighted by molar-refractivity contribution is -0.228. The van der Waals surface area contributed by atoms with Crippen LogP contribution in [0.3, 0.4) is 0 Å². The molecule has 0 radical (unpaired) electrons. The quantitative estimate of drug-likeness (QED) is 0.226. The molecule has 10 nitrogen and oxygen atoms in total. The number of hydrogen-bond donors (Lipinski definition) is 5. The topological polar surface area (TPSA) is 154 Å². The molecule has 0 aliphatic carbocycles. The van der Waals surface area contributed by atoms with Gasteiger partial charge < -0.3 is 35.4 Å². The fourth-order valence-corrected chi connectivity index (χ4v) is 4.61. The van der Waals surface area contributed by atoms with Crippen molar-refractivity contribution in [1.82, 2.24) is 10.6 Å². The number of carbonyl (C=O) groups excluding carboxylic acids is 3. The fourth-order valence-electron chi connectivity index (χ4n) is 4.61. The highest BCUT2D eigenvalue weighted by Gasteiger charge is 2.54. The lowest BCUT2D eigenvalue weighted by Crippen LogP contribution is -2.67. The number of rotatable bonds is 10. The lowest BCUT2D eigenvalue weighted by atomic mass is 9.81. The third kappa shape index (κ3) is 6.65. The molecule has 204 valence electrons. The van der Waals surface area contributed by atoms with E-state index in [1.54, 1.807) is 24.3 Å². The van der Waals surface area contributed by atoms with Crippen molar-refractivity contribution in [2.24, 2.45) is 0 Å². The first-order valence-electron chi connectivity index (χ1n) is 12.2. The minimum Gasteiger partial charge on any atom is -0.467 e. The molecule has 2 aromatic rings. The monoisotopic (exact) mass is 526 g/mol. The predicted octanol–water partition coefficient (Wildman–Crippen LogP) is 0.948. The molecule has 1 aliphatic rings. The zero-order chi connectivity index (χ0) is 27.9. The summed E-state index contributed by atoms with van der Waals surface area (Å²) in [6.07, 6.45) is -4.84. The van der Waals surface area contributed by atoms with E-state index in [0.717, 1.165) is 18.2 Å². The minimum atomic E-state index is -1.70. The normalized spacial score (nSPS) is 24.5. The molecule has 5 N–H and O–H groups in total. The Morgan fingerprint density at radius 2 is 1.76 bits per heavy atom. The molecular weight excluding hydrogens is 492 g/mol. The largest absolute Gasteiger partial charge is 0.467 e. The van der Waals surface area contributed by atoms with Gasteiger partial charge in [-0.25, -0.2) is 4.79 Å². The molecule has 0 bridgehead atoms. The predicted molar refractivity (Wildman–Crippen MR) is 139 cm³/mol. The Morgan fingerprint density at radius 1 is 1.13 bits per heavy atom. The summed E-state index contributed by atoms with van der Waals surface area (Å²) >= 11 is 0. The molecule has 0 spiro atoms. The van der Waals surface area contributed by atoms with Crippen LogP contribution in [0.25, 0.3) is 11.1 Å².